The molecule has 128 valence electrons. The predicted octanol–water partition coefficient (Wildman–Crippen LogP) is 1.14. The van der Waals surface area contributed by atoms with Crippen molar-refractivity contribution < 1.29 is 9.21 Å². The highest BCUT2D eigenvalue weighted by Crippen LogP contribution is 2.16. The Labute approximate surface area is 146 Å². The van der Waals surface area contributed by atoms with Crippen LogP contribution in [0.2, 0.25) is 5.02 Å². The summed E-state index contributed by atoms with van der Waals surface area (Å²) in [6, 6.07) is 6.14. The van der Waals surface area contributed by atoms with Gasteiger partial charge < -0.3 is 9.73 Å². The quantitative estimate of drug-likeness (QED) is 0.709. The van der Waals surface area contributed by atoms with Gasteiger partial charge >= 0.3 is 5.69 Å². The van der Waals surface area contributed by atoms with Crippen LogP contribution in [-0.2, 0) is 6.42 Å². The fourth-order valence-electron chi connectivity index (χ4n) is 2.18. The molecule has 0 aliphatic heterocycles. The van der Waals surface area contributed by atoms with Crippen molar-refractivity contribution in [3.05, 3.63) is 80.1 Å². The smallest absolute Gasteiger partial charge is 0.334 e. The highest BCUT2D eigenvalue weighted by atomic mass is 35.5. The fourth-order valence-corrected chi connectivity index (χ4v) is 2.37. The molecular weight excluding hydrogens is 348 g/mol. The number of H-pyrrole nitrogens is 1. The van der Waals surface area contributed by atoms with E-state index in [0.29, 0.717) is 13.0 Å². The number of carbonyl (C=O) groups excluding carboxylic acids is 1. The van der Waals surface area contributed by atoms with Crippen LogP contribution >= 0.6 is 11.6 Å². The third-order valence-corrected chi connectivity index (χ3v) is 3.69. The molecule has 0 aromatic carbocycles. The molecule has 3 rings (SSSR count). The molecule has 9 heteroatoms. The second-order valence-electron chi connectivity index (χ2n) is 5.09. The van der Waals surface area contributed by atoms with Crippen LogP contribution in [0.15, 0.2) is 56.9 Å². The summed E-state index contributed by atoms with van der Waals surface area (Å²) >= 11 is 6.03. The second kappa shape index (κ2) is 7.18. The lowest BCUT2D eigenvalue weighted by Gasteiger charge is -2.09. The summed E-state index contributed by atoms with van der Waals surface area (Å²) in [4.78, 5) is 41.4. The van der Waals surface area contributed by atoms with Crippen molar-refractivity contribution in [2.75, 3.05) is 6.54 Å². The van der Waals surface area contributed by atoms with E-state index in [2.05, 4.69) is 15.3 Å². The normalized spacial score (nSPS) is 10.6. The molecule has 3 heterocycles. The zero-order chi connectivity index (χ0) is 17.8. The molecule has 0 radical (unpaired) electrons. The van der Waals surface area contributed by atoms with Gasteiger partial charge in [-0.2, -0.15) is 0 Å². The minimum absolute atomic E-state index is 0.150. The monoisotopic (exact) mass is 360 g/mol. The van der Waals surface area contributed by atoms with Crippen molar-refractivity contribution in [2.24, 2.45) is 0 Å². The summed E-state index contributed by atoms with van der Waals surface area (Å²) in [5, 5.41) is 2.87. The average Bonchev–Trinajstić information content (AvgIpc) is 3.09. The van der Waals surface area contributed by atoms with Crippen LogP contribution < -0.4 is 16.6 Å². The first-order valence-electron chi connectivity index (χ1n) is 7.33. The maximum Gasteiger partial charge on any atom is 0.334 e. The highest BCUT2D eigenvalue weighted by molar-refractivity contribution is 6.33. The number of aromatic amines is 1. The van der Waals surface area contributed by atoms with E-state index in [0.717, 1.165) is 10.3 Å². The molecule has 0 spiro atoms. The van der Waals surface area contributed by atoms with E-state index in [1.807, 2.05) is 6.07 Å². The molecule has 3 aromatic rings. The first-order valence-corrected chi connectivity index (χ1v) is 7.71. The topological polar surface area (TPSA) is 110 Å². The molecule has 25 heavy (non-hydrogen) atoms. The molecule has 3 aromatic heterocycles. The number of nitrogens with one attached hydrogen (secondary N) is 2. The van der Waals surface area contributed by atoms with Gasteiger partial charge in [0.15, 0.2) is 0 Å². The summed E-state index contributed by atoms with van der Waals surface area (Å²) in [7, 11) is 0. The van der Waals surface area contributed by atoms with Crippen molar-refractivity contribution in [3.8, 4) is 5.82 Å². The van der Waals surface area contributed by atoms with E-state index < -0.39 is 17.2 Å². The van der Waals surface area contributed by atoms with Crippen molar-refractivity contribution in [1.29, 1.82) is 0 Å². The Balaban J connectivity index is 1.80. The molecule has 0 bridgehead atoms. The Morgan fingerprint density at radius 1 is 1.36 bits per heavy atom. The summed E-state index contributed by atoms with van der Waals surface area (Å²) in [6.45, 7) is 0.360. The fraction of sp³-hybridized carbons (Fsp3) is 0.125. The van der Waals surface area contributed by atoms with Gasteiger partial charge in [-0.05, 0) is 18.2 Å². The molecule has 0 aliphatic carbocycles. The number of hydrogen-bond acceptors (Lipinski definition) is 5. The molecule has 0 aliphatic rings. The van der Waals surface area contributed by atoms with Crippen molar-refractivity contribution in [3.63, 3.8) is 0 Å². The van der Waals surface area contributed by atoms with E-state index in [-0.39, 0.29) is 16.4 Å². The minimum Gasteiger partial charge on any atom is -0.469 e. The number of nitrogens with zero attached hydrogens (tertiary/aromatic N) is 2. The first-order chi connectivity index (χ1) is 12.0. The maximum absolute atomic E-state index is 12.3. The third-order valence-electron chi connectivity index (χ3n) is 3.39. The SMILES string of the molecule is O=C(NCCc1ccco1)c1cc(-n2ccc(=O)[nH]c2=O)ncc1Cl. The summed E-state index contributed by atoms with van der Waals surface area (Å²) in [6.07, 6.45) is 4.64. The Kier molecular flexibility index (Phi) is 4.80. The number of carbonyl (C=O) groups is 1. The number of rotatable bonds is 5. The van der Waals surface area contributed by atoms with Crippen molar-refractivity contribution in [1.82, 2.24) is 19.9 Å². The summed E-state index contributed by atoms with van der Waals surface area (Å²) in [5.74, 6) is 0.515. The number of aromatic nitrogens is 3. The Hall–Kier alpha value is -3.13. The number of pyridine rings is 1. The summed E-state index contributed by atoms with van der Waals surface area (Å²) < 4.78 is 6.30. The Morgan fingerprint density at radius 2 is 2.20 bits per heavy atom. The predicted molar refractivity (Wildman–Crippen MR) is 90.2 cm³/mol. The van der Waals surface area contributed by atoms with Crippen LogP contribution in [0, 0.1) is 0 Å². The van der Waals surface area contributed by atoms with E-state index in [1.54, 1.807) is 12.3 Å². The van der Waals surface area contributed by atoms with E-state index in [9.17, 15) is 14.4 Å². The van der Waals surface area contributed by atoms with Crippen molar-refractivity contribution in [2.45, 2.75) is 6.42 Å². The van der Waals surface area contributed by atoms with Gasteiger partial charge in [-0.15, -0.1) is 0 Å². The van der Waals surface area contributed by atoms with Gasteiger partial charge in [-0.1, -0.05) is 11.6 Å². The van der Waals surface area contributed by atoms with Crippen LogP contribution in [0.25, 0.3) is 5.82 Å². The largest absolute Gasteiger partial charge is 0.469 e. The summed E-state index contributed by atoms with van der Waals surface area (Å²) in [5.41, 5.74) is -1.01. The molecular formula is C16H13ClN4O4. The molecule has 1 amide bonds. The lowest BCUT2D eigenvalue weighted by atomic mass is 10.2. The lowest BCUT2D eigenvalue weighted by Crippen LogP contribution is -2.29. The van der Waals surface area contributed by atoms with E-state index in [4.69, 9.17) is 16.0 Å². The van der Waals surface area contributed by atoms with E-state index >= 15 is 0 Å². The van der Waals surface area contributed by atoms with Gasteiger partial charge in [0.05, 0.1) is 16.8 Å². The minimum atomic E-state index is -0.661. The lowest BCUT2D eigenvalue weighted by molar-refractivity contribution is 0.0953. The van der Waals surface area contributed by atoms with Crippen LogP contribution in [0.3, 0.4) is 0 Å². The van der Waals surface area contributed by atoms with Gasteiger partial charge in [-0.25, -0.2) is 9.78 Å². The maximum atomic E-state index is 12.3. The van der Waals surface area contributed by atoms with Crippen molar-refractivity contribution >= 4 is 17.5 Å². The molecule has 0 atom stereocenters. The molecule has 0 saturated carbocycles. The zero-order valence-electron chi connectivity index (χ0n) is 12.9. The third kappa shape index (κ3) is 3.86. The Morgan fingerprint density at radius 3 is 2.92 bits per heavy atom. The number of amides is 1. The van der Waals surface area contributed by atoms with Crippen LogP contribution in [0.1, 0.15) is 16.1 Å². The second-order valence-corrected chi connectivity index (χ2v) is 5.49. The molecule has 8 nitrogen and oxygen atoms in total. The van der Waals surface area contributed by atoms with E-state index in [1.165, 1.54) is 24.5 Å². The zero-order valence-corrected chi connectivity index (χ0v) is 13.6. The van der Waals surface area contributed by atoms with Gasteiger partial charge in [0, 0.05) is 31.4 Å². The van der Waals surface area contributed by atoms with Gasteiger partial charge in [0.2, 0.25) is 0 Å². The number of furan rings is 1. The number of hydrogen-bond donors (Lipinski definition) is 2. The molecule has 0 saturated heterocycles. The molecule has 0 fully saturated rings. The number of halogens is 1. The standard InChI is InChI=1S/C16H13ClN4O4/c17-12-9-19-13(21-6-4-14(22)20-16(21)24)8-11(12)15(23)18-5-3-10-2-1-7-25-10/h1-2,4,6-9H,3,5H2,(H,18,23)(H,20,22,24). The van der Waals surface area contributed by atoms with Gasteiger partial charge in [0.1, 0.15) is 11.6 Å². The Bertz CT molecular complexity index is 1010. The first kappa shape index (κ1) is 16.7. The van der Waals surface area contributed by atoms with Gasteiger partial charge in [0.25, 0.3) is 11.5 Å². The average molecular weight is 361 g/mol. The molecule has 2 N–H and O–H groups in total. The van der Waals surface area contributed by atoms with Gasteiger partial charge in [-0.3, -0.25) is 19.1 Å². The highest BCUT2D eigenvalue weighted by Gasteiger charge is 2.13. The van der Waals surface area contributed by atoms with Crippen LogP contribution in [0.5, 0.6) is 0 Å². The molecule has 0 unspecified atom stereocenters. The van der Waals surface area contributed by atoms with Crippen LogP contribution in [0.4, 0.5) is 0 Å². The van der Waals surface area contributed by atoms with Crippen LogP contribution in [-0.4, -0.2) is 27.0 Å².